The van der Waals surface area contributed by atoms with Crippen LogP contribution in [-0.2, 0) is 6.54 Å². The zero-order chi connectivity index (χ0) is 25.2. The minimum Gasteiger partial charge on any atom is -0.367 e. The van der Waals surface area contributed by atoms with Crippen LogP contribution in [0.1, 0.15) is 18.4 Å². The minimum atomic E-state index is 0.365. The summed E-state index contributed by atoms with van der Waals surface area (Å²) in [5.41, 5.74) is 6.39. The van der Waals surface area contributed by atoms with Crippen molar-refractivity contribution < 1.29 is 0 Å². The Kier molecular flexibility index (Phi) is 6.96. The number of hydrogen-bond acceptors (Lipinski definition) is 4. The highest BCUT2D eigenvalue weighted by Crippen LogP contribution is 2.31. The van der Waals surface area contributed by atoms with E-state index in [-0.39, 0.29) is 0 Å². The second kappa shape index (κ2) is 10.7. The summed E-state index contributed by atoms with van der Waals surface area (Å²) >= 11 is 10.1. The number of fused-ring (bicyclic) bond motifs is 1. The van der Waals surface area contributed by atoms with E-state index in [9.17, 15) is 0 Å². The van der Waals surface area contributed by atoms with E-state index in [0.29, 0.717) is 11.1 Å². The van der Waals surface area contributed by atoms with Crippen LogP contribution < -0.4 is 5.32 Å². The molecule has 1 N–H and O–H groups in total. The van der Waals surface area contributed by atoms with Gasteiger partial charge in [-0.1, -0.05) is 84.4 Å². The van der Waals surface area contributed by atoms with Gasteiger partial charge in [-0.05, 0) is 51.5 Å². The highest BCUT2D eigenvalue weighted by molar-refractivity contribution is 9.10. The Bertz CT molecular complexity index is 1510. The summed E-state index contributed by atoms with van der Waals surface area (Å²) in [5.74, 6) is 0.931. The van der Waals surface area contributed by atoms with E-state index in [4.69, 9.17) is 16.6 Å². The van der Waals surface area contributed by atoms with Crippen LogP contribution >= 0.6 is 27.5 Å². The van der Waals surface area contributed by atoms with Gasteiger partial charge in [-0.25, -0.2) is 4.98 Å². The fourth-order valence-electron chi connectivity index (χ4n) is 4.98. The third-order valence-electron chi connectivity index (χ3n) is 6.99. The molecule has 0 radical (unpaired) electrons. The third kappa shape index (κ3) is 5.28. The zero-order valence-corrected chi connectivity index (χ0v) is 22.7. The topological polar surface area (TPSA) is 45.5 Å². The van der Waals surface area contributed by atoms with Gasteiger partial charge < -0.3 is 5.32 Å². The van der Waals surface area contributed by atoms with Gasteiger partial charge in [0.15, 0.2) is 5.65 Å². The van der Waals surface area contributed by atoms with Crippen LogP contribution in [0.4, 0.5) is 5.82 Å². The number of aromatic nitrogens is 3. The molecule has 3 aromatic carbocycles. The van der Waals surface area contributed by atoms with E-state index in [1.807, 2.05) is 34.8 Å². The van der Waals surface area contributed by atoms with Gasteiger partial charge in [0.1, 0.15) is 5.82 Å². The molecule has 0 atom stereocenters. The lowest BCUT2D eigenvalue weighted by Gasteiger charge is -2.33. The van der Waals surface area contributed by atoms with E-state index in [0.717, 1.165) is 59.7 Å². The number of rotatable bonds is 6. The highest BCUT2D eigenvalue weighted by Gasteiger charge is 2.21. The number of hydrogen-bond donors (Lipinski definition) is 1. The maximum atomic E-state index is 6.49. The molecule has 0 amide bonds. The number of likely N-dealkylation sites (tertiary alicyclic amines) is 1. The quantitative estimate of drug-likeness (QED) is 0.228. The maximum absolute atomic E-state index is 6.49. The number of piperidine rings is 1. The number of benzene rings is 3. The van der Waals surface area contributed by atoms with Crippen LogP contribution in [0.25, 0.3) is 28.0 Å². The molecule has 2 aromatic heterocycles. The highest BCUT2D eigenvalue weighted by atomic mass is 79.9. The first-order chi connectivity index (χ1) is 18.1. The Morgan fingerprint density at radius 1 is 0.892 bits per heavy atom. The van der Waals surface area contributed by atoms with Gasteiger partial charge in [0.2, 0.25) is 0 Å². The molecule has 1 fully saturated rings. The van der Waals surface area contributed by atoms with Crippen molar-refractivity contribution >= 4 is 39.0 Å². The molecule has 0 saturated carbocycles. The second-order valence-corrected chi connectivity index (χ2v) is 10.8. The Hall–Kier alpha value is -3.19. The van der Waals surface area contributed by atoms with Gasteiger partial charge in [0.05, 0.1) is 16.4 Å². The van der Waals surface area contributed by atoms with Crippen molar-refractivity contribution in [1.29, 1.82) is 0 Å². The first kappa shape index (κ1) is 24.2. The summed E-state index contributed by atoms with van der Waals surface area (Å²) in [4.78, 5) is 7.36. The molecular weight excluding hydrogens is 546 g/mol. The molecule has 3 heterocycles. The third-order valence-corrected chi connectivity index (χ3v) is 7.87. The van der Waals surface area contributed by atoms with Gasteiger partial charge >= 0.3 is 0 Å². The first-order valence-corrected chi connectivity index (χ1v) is 13.7. The largest absolute Gasteiger partial charge is 0.367 e. The first-order valence-electron chi connectivity index (χ1n) is 12.6. The fraction of sp³-hybridized carbons (Fsp3) is 0.200. The van der Waals surface area contributed by atoms with Crippen LogP contribution in [0.5, 0.6) is 0 Å². The normalized spacial score (nSPS) is 14.8. The van der Waals surface area contributed by atoms with Crippen molar-refractivity contribution in [2.75, 3.05) is 18.4 Å². The van der Waals surface area contributed by atoms with Crippen LogP contribution in [0.15, 0.2) is 95.6 Å². The second-order valence-electron chi connectivity index (χ2n) is 9.49. The van der Waals surface area contributed by atoms with Crippen molar-refractivity contribution in [3.05, 3.63) is 106 Å². The van der Waals surface area contributed by atoms with Gasteiger partial charge in [-0.2, -0.15) is 9.61 Å². The van der Waals surface area contributed by atoms with Crippen LogP contribution in [-0.4, -0.2) is 38.6 Å². The molecule has 0 spiro atoms. The Labute approximate surface area is 230 Å². The number of halogens is 2. The summed E-state index contributed by atoms with van der Waals surface area (Å²) in [6.07, 6.45) is 3.92. The summed E-state index contributed by atoms with van der Waals surface area (Å²) in [6.45, 7) is 3.07. The lowest BCUT2D eigenvalue weighted by Crippen LogP contribution is -2.39. The Balaban J connectivity index is 1.13. The monoisotopic (exact) mass is 571 g/mol. The lowest BCUT2D eigenvalue weighted by atomic mass is 10.0. The molecule has 0 unspecified atom stereocenters. The summed E-state index contributed by atoms with van der Waals surface area (Å²) in [5, 5.41) is 8.97. The van der Waals surface area contributed by atoms with Crippen molar-refractivity contribution in [2.24, 2.45) is 0 Å². The van der Waals surface area contributed by atoms with Crippen molar-refractivity contribution in [3.63, 3.8) is 0 Å². The molecular formula is C30H27BrClN5. The molecule has 6 rings (SSSR count). The van der Waals surface area contributed by atoms with Crippen molar-refractivity contribution in [2.45, 2.75) is 25.4 Å². The fourth-order valence-corrected chi connectivity index (χ4v) is 5.56. The average Bonchev–Trinajstić information content (AvgIpc) is 3.32. The maximum Gasteiger partial charge on any atom is 0.172 e. The Morgan fingerprint density at radius 3 is 2.35 bits per heavy atom. The Morgan fingerprint density at radius 2 is 1.59 bits per heavy atom. The zero-order valence-electron chi connectivity index (χ0n) is 20.3. The standard InChI is InChI=1S/C30H27BrClN5/c31-26-19-33-37-29(18-28(35-30(26)37)25-8-4-5-9-27(25)32)34-24-14-16-36(17-15-24)20-21-10-12-23(13-11-21)22-6-2-1-3-7-22/h1-13,18-19,24,34H,14-17,20H2. The van der Waals surface area contributed by atoms with E-state index in [1.165, 1.54) is 16.7 Å². The lowest BCUT2D eigenvalue weighted by molar-refractivity contribution is 0.211. The number of nitrogens with zero attached hydrogens (tertiary/aromatic N) is 4. The smallest absolute Gasteiger partial charge is 0.172 e. The van der Waals surface area contributed by atoms with Gasteiger partial charge in [0, 0.05) is 42.3 Å². The van der Waals surface area contributed by atoms with E-state index < -0.39 is 0 Å². The average molecular weight is 573 g/mol. The summed E-state index contributed by atoms with van der Waals surface area (Å²) in [7, 11) is 0. The molecule has 5 nitrogen and oxygen atoms in total. The molecule has 37 heavy (non-hydrogen) atoms. The van der Waals surface area contributed by atoms with E-state index in [2.05, 4.69) is 85.8 Å². The van der Waals surface area contributed by atoms with E-state index >= 15 is 0 Å². The summed E-state index contributed by atoms with van der Waals surface area (Å²) < 4.78 is 2.73. The number of nitrogens with one attached hydrogen (secondary N) is 1. The molecule has 0 aliphatic carbocycles. The number of anilines is 1. The predicted molar refractivity (Wildman–Crippen MR) is 155 cm³/mol. The molecule has 1 saturated heterocycles. The molecule has 186 valence electrons. The molecule has 0 bridgehead atoms. The SMILES string of the molecule is Clc1ccccc1-c1cc(NC2CCN(Cc3ccc(-c4ccccc4)cc3)CC2)n2ncc(Br)c2n1. The van der Waals surface area contributed by atoms with Crippen LogP contribution in [0, 0.1) is 0 Å². The molecule has 7 heteroatoms. The molecule has 5 aromatic rings. The van der Waals surface area contributed by atoms with Gasteiger partial charge in [-0.15, -0.1) is 0 Å². The minimum absolute atomic E-state index is 0.365. The van der Waals surface area contributed by atoms with Crippen LogP contribution in [0.3, 0.4) is 0 Å². The van der Waals surface area contributed by atoms with E-state index in [1.54, 1.807) is 6.20 Å². The van der Waals surface area contributed by atoms with Crippen molar-refractivity contribution in [3.8, 4) is 22.4 Å². The molecule has 1 aliphatic rings. The van der Waals surface area contributed by atoms with Gasteiger partial charge in [-0.3, -0.25) is 4.90 Å². The van der Waals surface area contributed by atoms with Crippen molar-refractivity contribution in [1.82, 2.24) is 19.5 Å². The predicted octanol–water partition coefficient (Wildman–Crippen LogP) is 7.56. The van der Waals surface area contributed by atoms with Crippen LogP contribution in [0.2, 0.25) is 5.02 Å². The summed E-state index contributed by atoms with van der Waals surface area (Å²) in [6, 6.07) is 29.7. The molecule has 1 aliphatic heterocycles. The van der Waals surface area contributed by atoms with Gasteiger partial charge in [0.25, 0.3) is 0 Å².